The maximum atomic E-state index is 11.1. The monoisotopic (exact) mass is 289 g/mol. The molecular formula is C13H24ClN3O2. The number of hydrogen-bond donors (Lipinski definition) is 3. The van der Waals surface area contributed by atoms with Crippen LogP contribution < -0.4 is 16.8 Å². The molecule has 0 spiro atoms. The van der Waals surface area contributed by atoms with Gasteiger partial charge in [0.15, 0.2) is 0 Å². The van der Waals surface area contributed by atoms with Gasteiger partial charge in [-0.2, -0.15) is 0 Å². The molecule has 1 rings (SSSR count). The lowest BCUT2D eigenvalue weighted by atomic mass is 9.92. The molecule has 0 radical (unpaired) electrons. The fourth-order valence-electron chi connectivity index (χ4n) is 1.89. The molecule has 2 amide bonds. The zero-order valence-electron chi connectivity index (χ0n) is 11.8. The topological polar surface area (TPSA) is 113 Å². The number of rotatable bonds is 3. The number of hydrogen-bond acceptors (Lipinski definition) is 2. The van der Waals surface area contributed by atoms with E-state index in [1.807, 2.05) is 12.1 Å². The molecule has 19 heavy (non-hydrogen) atoms. The number of benzene rings is 1. The minimum absolute atomic E-state index is 0. The first-order chi connectivity index (χ1) is 7.82. The van der Waals surface area contributed by atoms with Gasteiger partial charge < -0.3 is 22.3 Å². The summed E-state index contributed by atoms with van der Waals surface area (Å²) in [5.41, 5.74) is 14.7. The number of carbonyl (C=O) groups is 1. The van der Waals surface area contributed by atoms with E-state index in [-0.39, 0.29) is 29.7 Å². The number of nitrogen functional groups attached to an aromatic ring is 1. The molecule has 0 unspecified atom stereocenters. The number of amides is 2. The minimum atomic E-state index is -0.543. The highest BCUT2D eigenvalue weighted by Crippen LogP contribution is 2.34. The third kappa shape index (κ3) is 4.96. The van der Waals surface area contributed by atoms with E-state index in [4.69, 9.17) is 11.5 Å². The molecule has 6 heteroatoms. The molecule has 0 fully saturated rings. The Balaban J connectivity index is 0. The van der Waals surface area contributed by atoms with Crippen molar-refractivity contribution in [3.8, 4) is 0 Å². The summed E-state index contributed by atoms with van der Waals surface area (Å²) >= 11 is 0. The lowest BCUT2D eigenvalue weighted by Crippen LogP contribution is -2.22. The third-order valence-corrected chi connectivity index (χ3v) is 2.71. The van der Waals surface area contributed by atoms with E-state index < -0.39 is 6.03 Å². The van der Waals surface area contributed by atoms with Crippen molar-refractivity contribution >= 4 is 29.8 Å². The van der Waals surface area contributed by atoms with E-state index >= 15 is 0 Å². The Bertz CT molecular complexity index is 405. The molecule has 1 aromatic carbocycles. The first-order valence-electron chi connectivity index (χ1n) is 5.82. The van der Waals surface area contributed by atoms with Crippen LogP contribution in [0.1, 0.15) is 50.7 Å². The predicted molar refractivity (Wildman–Crippen MR) is 83.1 cm³/mol. The van der Waals surface area contributed by atoms with E-state index in [0.29, 0.717) is 5.69 Å². The zero-order chi connectivity index (χ0) is 13.2. The fourth-order valence-corrected chi connectivity index (χ4v) is 1.89. The predicted octanol–water partition coefficient (Wildman–Crippen LogP) is 2.60. The molecule has 110 valence electrons. The Labute approximate surface area is 120 Å². The molecule has 7 N–H and O–H groups in total. The van der Waals surface area contributed by atoms with Crippen molar-refractivity contribution in [3.05, 3.63) is 23.3 Å². The van der Waals surface area contributed by atoms with Crippen molar-refractivity contribution in [1.29, 1.82) is 0 Å². The lowest BCUT2D eigenvalue weighted by molar-refractivity contribution is 0.259. The normalized spacial score (nSPS) is 9.79. The highest BCUT2D eigenvalue weighted by Gasteiger charge is 2.16. The zero-order valence-corrected chi connectivity index (χ0v) is 12.6. The van der Waals surface area contributed by atoms with Crippen LogP contribution in [0.15, 0.2) is 12.1 Å². The van der Waals surface area contributed by atoms with E-state index in [9.17, 15) is 4.79 Å². The van der Waals surface area contributed by atoms with Crippen LogP contribution in [0.25, 0.3) is 0 Å². The van der Waals surface area contributed by atoms with Gasteiger partial charge in [-0.1, -0.05) is 27.7 Å². The van der Waals surface area contributed by atoms with Crippen LogP contribution in [0.3, 0.4) is 0 Å². The lowest BCUT2D eigenvalue weighted by Gasteiger charge is -2.20. The fraction of sp³-hybridized carbons (Fsp3) is 0.462. The average molecular weight is 290 g/mol. The van der Waals surface area contributed by atoms with Crippen molar-refractivity contribution in [2.75, 3.05) is 11.1 Å². The Morgan fingerprint density at radius 2 is 1.47 bits per heavy atom. The molecule has 0 saturated carbocycles. The highest BCUT2D eigenvalue weighted by atomic mass is 35.5. The van der Waals surface area contributed by atoms with Crippen molar-refractivity contribution in [3.63, 3.8) is 0 Å². The Morgan fingerprint density at radius 3 is 1.74 bits per heavy atom. The van der Waals surface area contributed by atoms with Crippen molar-refractivity contribution in [2.24, 2.45) is 5.73 Å². The SMILES string of the molecule is CC(C)c1cc(N)cc(C(C)C)c1NC(N)=O.Cl.O. The van der Waals surface area contributed by atoms with Crippen molar-refractivity contribution < 1.29 is 10.3 Å². The van der Waals surface area contributed by atoms with Crippen LogP contribution in [0.2, 0.25) is 0 Å². The van der Waals surface area contributed by atoms with Gasteiger partial charge in [0.25, 0.3) is 0 Å². The van der Waals surface area contributed by atoms with E-state index in [0.717, 1.165) is 16.8 Å². The number of halogens is 1. The van der Waals surface area contributed by atoms with Gasteiger partial charge in [0.05, 0.1) is 0 Å². The van der Waals surface area contributed by atoms with Crippen LogP contribution in [-0.4, -0.2) is 11.5 Å². The van der Waals surface area contributed by atoms with E-state index in [2.05, 4.69) is 33.0 Å². The summed E-state index contributed by atoms with van der Waals surface area (Å²) in [5.74, 6) is 0.552. The molecule has 1 aromatic rings. The number of anilines is 2. The van der Waals surface area contributed by atoms with Crippen LogP contribution in [-0.2, 0) is 0 Å². The third-order valence-electron chi connectivity index (χ3n) is 2.71. The summed E-state index contributed by atoms with van der Waals surface area (Å²) in [6.07, 6.45) is 0. The first kappa shape index (κ1) is 19.9. The Kier molecular flexibility index (Phi) is 8.22. The second-order valence-electron chi connectivity index (χ2n) is 4.87. The molecular weight excluding hydrogens is 266 g/mol. The molecule has 0 heterocycles. The van der Waals surface area contributed by atoms with Gasteiger partial charge in [-0.25, -0.2) is 4.79 Å². The largest absolute Gasteiger partial charge is 0.412 e. The van der Waals surface area contributed by atoms with Gasteiger partial charge in [-0.3, -0.25) is 0 Å². The number of urea groups is 1. The quantitative estimate of drug-likeness (QED) is 0.743. The van der Waals surface area contributed by atoms with Gasteiger partial charge >= 0.3 is 6.03 Å². The maximum absolute atomic E-state index is 11.1. The van der Waals surface area contributed by atoms with Crippen molar-refractivity contribution in [2.45, 2.75) is 39.5 Å². The summed E-state index contributed by atoms with van der Waals surface area (Å²) in [5, 5.41) is 2.72. The number of carbonyl (C=O) groups excluding carboxylic acids is 1. The van der Waals surface area contributed by atoms with Crippen LogP contribution >= 0.6 is 12.4 Å². The Hall–Kier alpha value is -1.46. The summed E-state index contributed by atoms with van der Waals surface area (Å²) in [7, 11) is 0. The van der Waals surface area contributed by atoms with Crippen molar-refractivity contribution in [1.82, 2.24) is 0 Å². The van der Waals surface area contributed by atoms with Crippen LogP contribution in [0.5, 0.6) is 0 Å². The number of primary amides is 1. The maximum Gasteiger partial charge on any atom is 0.316 e. The highest BCUT2D eigenvalue weighted by molar-refractivity contribution is 5.90. The first-order valence-corrected chi connectivity index (χ1v) is 5.82. The standard InChI is InChI=1S/C13H21N3O.ClH.H2O/c1-7(2)10-5-9(14)6-11(8(3)4)12(10)16-13(15)17;;/h5-8H,14H2,1-4H3,(H3,15,16,17);1H;1H2. The van der Waals surface area contributed by atoms with Gasteiger partial charge in [0.1, 0.15) is 0 Å². The second kappa shape index (κ2) is 7.86. The minimum Gasteiger partial charge on any atom is -0.412 e. The molecule has 0 aliphatic heterocycles. The van der Waals surface area contributed by atoms with E-state index in [1.165, 1.54) is 0 Å². The van der Waals surface area contributed by atoms with Gasteiger partial charge in [-0.05, 0) is 35.1 Å². The number of nitrogens with two attached hydrogens (primary N) is 2. The second-order valence-corrected chi connectivity index (χ2v) is 4.87. The van der Waals surface area contributed by atoms with Gasteiger partial charge in [0, 0.05) is 11.4 Å². The van der Waals surface area contributed by atoms with Crippen LogP contribution in [0, 0.1) is 0 Å². The molecule has 0 saturated heterocycles. The summed E-state index contributed by atoms with van der Waals surface area (Å²) in [6, 6.07) is 3.24. The smallest absolute Gasteiger partial charge is 0.316 e. The summed E-state index contributed by atoms with van der Waals surface area (Å²) < 4.78 is 0. The molecule has 5 nitrogen and oxygen atoms in total. The van der Waals surface area contributed by atoms with Gasteiger partial charge in [0.2, 0.25) is 0 Å². The molecule has 0 aliphatic carbocycles. The number of nitrogens with one attached hydrogen (secondary N) is 1. The molecule has 0 atom stereocenters. The summed E-state index contributed by atoms with van der Waals surface area (Å²) in [4.78, 5) is 11.1. The average Bonchev–Trinajstić information content (AvgIpc) is 2.18. The Morgan fingerprint density at radius 1 is 1.11 bits per heavy atom. The molecule has 0 bridgehead atoms. The van der Waals surface area contributed by atoms with Gasteiger partial charge in [-0.15, -0.1) is 12.4 Å². The van der Waals surface area contributed by atoms with E-state index in [1.54, 1.807) is 0 Å². The molecule has 0 aliphatic rings. The van der Waals surface area contributed by atoms with Crippen LogP contribution in [0.4, 0.5) is 16.2 Å². The molecule has 0 aromatic heterocycles. The summed E-state index contributed by atoms with van der Waals surface area (Å²) in [6.45, 7) is 8.24.